The van der Waals surface area contributed by atoms with Gasteiger partial charge in [-0.05, 0) is 62.4 Å². The highest BCUT2D eigenvalue weighted by molar-refractivity contribution is 5.96. The molecule has 0 saturated carbocycles. The van der Waals surface area contributed by atoms with Gasteiger partial charge in [0.05, 0.1) is 34.8 Å². The average Bonchev–Trinajstić information content (AvgIpc) is 3.36. The van der Waals surface area contributed by atoms with Gasteiger partial charge >= 0.3 is 5.69 Å². The van der Waals surface area contributed by atoms with Crippen LogP contribution in [0.4, 0.5) is 11.5 Å². The summed E-state index contributed by atoms with van der Waals surface area (Å²) in [7, 11) is 0. The van der Waals surface area contributed by atoms with E-state index in [0.717, 1.165) is 63.6 Å². The number of benzene rings is 2. The van der Waals surface area contributed by atoms with E-state index in [9.17, 15) is 9.59 Å². The van der Waals surface area contributed by atoms with Gasteiger partial charge in [-0.3, -0.25) is 14.5 Å². The van der Waals surface area contributed by atoms with E-state index in [1.165, 1.54) is 11.6 Å². The molecule has 218 valence electrons. The summed E-state index contributed by atoms with van der Waals surface area (Å²) in [5.74, 6) is 0.927. The molecule has 0 spiro atoms. The Balaban J connectivity index is 1.52. The summed E-state index contributed by atoms with van der Waals surface area (Å²) in [6, 6.07) is 12.4. The van der Waals surface area contributed by atoms with E-state index in [2.05, 4.69) is 72.5 Å². The number of fused-ring (bicyclic) bond motifs is 2. The monoisotopic (exact) mass is 565 g/mol. The Morgan fingerprint density at radius 3 is 2.64 bits per heavy atom. The van der Waals surface area contributed by atoms with Gasteiger partial charge in [-0.2, -0.15) is 10.1 Å². The molecule has 9 heteroatoms. The van der Waals surface area contributed by atoms with Crippen molar-refractivity contribution in [3.8, 4) is 5.69 Å². The molecule has 6 rings (SSSR count). The number of aryl methyl sites for hydroxylation is 2. The molecule has 1 atom stereocenters. The molecule has 42 heavy (non-hydrogen) atoms. The number of nitrogens with one attached hydrogen (secondary N) is 1. The Hall–Kier alpha value is -4.40. The smallest absolute Gasteiger partial charge is 0.354 e. The highest BCUT2D eigenvalue weighted by Crippen LogP contribution is 2.37. The van der Waals surface area contributed by atoms with Gasteiger partial charge in [0.15, 0.2) is 0 Å². The zero-order valence-electron chi connectivity index (χ0n) is 25.1. The van der Waals surface area contributed by atoms with Crippen molar-refractivity contribution in [1.29, 1.82) is 0 Å². The van der Waals surface area contributed by atoms with E-state index in [1.54, 1.807) is 0 Å². The third-order valence-corrected chi connectivity index (χ3v) is 8.84. The number of anilines is 2. The van der Waals surface area contributed by atoms with Crippen LogP contribution in [-0.4, -0.2) is 62.8 Å². The van der Waals surface area contributed by atoms with Crippen molar-refractivity contribution in [3.05, 3.63) is 87.6 Å². The van der Waals surface area contributed by atoms with E-state index in [1.807, 2.05) is 34.6 Å². The Bertz CT molecular complexity index is 1750. The number of piperazine rings is 1. The second kappa shape index (κ2) is 10.8. The van der Waals surface area contributed by atoms with E-state index in [-0.39, 0.29) is 23.6 Å². The van der Waals surface area contributed by atoms with Crippen molar-refractivity contribution in [2.75, 3.05) is 36.0 Å². The van der Waals surface area contributed by atoms with Crippen LogP contribution in [0.15, 0.2) is 53.8 Å². The number of rotatable bonds is 5. The van der Waals surface area contributed by atoms with Gasteiger partial charge in [0.2, 0.25) is 5.91 Å². The van der Waals surface area contributed by atoms with Crippen molar-refractivity contribution < 1.29 is 4.79 Å². The maximum absolute atomic E-state index is 14.1. The minimum Gasteiger partial charge on any atom is -0.365 e. The fraction of sp³-hybridized carbons (Fsp3) is 0.394. The maximum Gasteiger partial charge on any atom is 0.354 e. The molecule has 1 amide bonds. The van der Waals surface area contributed by atoms with Gasteiger partial charge in [0.1, 0.15) is 5.82 Å². The zero-order chi connectivity index (χ0) is 29.7. The van der Waals surface area contributed by atoms with Gasteiger partial charge in [-0.1, -0.05) is 44.7 Å². The first kappa shape index (κ1) is 27.8. The van der Waals surface area contributed by atoms with E-state index in [0.29, 0.717) is 26.2 Å². The molecule has 4 aromatic rings. The standard InChI is InChI=1S/C33H39N7O2/c1-7-29(41)37-16-17-39(22(5)18-37)32-25-14-15-38(31-21(4)12-13-26-30(31)23(6)35-36-26)19-28(25)40(33(42)34-32)27-11-9-8-10-24(27)20(2)3/h7-13,20,22H,1,14-19H2,2-6H3,(H,35,36)/t22-/m0/s1. The zero-order valence-corrected chi connectivity index (χ0v) is 25.1. The maximum atomic E-state index is 14.1. The Labute approximate surface area is 246 Å². The first-order valence-corrected chi connectivity index (χ1v) is 14.8. The summed E-state index contributed by atoms with van der Waals surface area (Å²) in [6.07, 6.45) is 2.11. The van der Waals surface area contributed by atoms with Crippen LogP contribution in [0, 0.1) is 13.8 Å². The lowest BCUT2D eigenvalue weighted by atomic mass is 9.98. The fourth-order valence-corrected chi connectivity index (χ4v) is 6.74. The van der Waals surface area contributed by atoms with Crippen molar-refractivity contribution in [1.82, 2.24) is 24.6 Å². The number of hydrogen-bond donors (Lipinski definition) is 1. The third kappa shape index (κ3) is 4.57. The van der Waals surface area contributed by atoms with Crippen LogP contribution in [0.1, 0.15) is 54.8 Å². The van der Waals surface area contributed by atoms with Gasteiger partial charge in [0.25, 0.3) is 0 Å². The molecule has 2 aromatic carbocycles. The van der Waals surface area contributed by atoms with Crippen molar-refractivity contribution in [2.45, 2.75) is 59.5 Å². The molecule has 1 fully saturated rings. The number of H-pyrrole nitrogens is 1. The summed E-state index contributed by atoms with van der Waals surface area (Å²) in [5, 5.41) is 8.79. The lowest BCUT2D eigenvalue weighted by Crippen LogP contribution is -2.54. The first-order chi connectivity index (χ1) is 20.2. The first-order valence-electron chi connectivity index (χ1n) is 14.8. The predicted molar refractivity (Wildman–Crippen MR) is 168 cm³/mol. The van der Waals surface area contributed by atoms with Crippen LogP contribution in [0.5, 0.6) is 0 Å². The minimum atomic E-state index is -0.273. The van der Waals surface area contributed by atoms with Gasteiger partial charge in [-0.25, -0.2) is 4.79 Å². The molecule has 1 saturated heterocycles. The highest BCUT2D eigenvalue weighted by atomic mass is 16.2. The molecule has 4 heterocycles. The molecule has 2 aliphatic heterocycles. The molecule has 0 unspecified atom stereocenters. The number of aromatic amines is 1. The minimum absolute atomic E-state index is 0.0139. The average molecular weight is 566 g/mol. The van der Waals surface area contributed by atoms with Gasteiger partial charge in [-0.15, -0.1) is 0 Å². The van der Waals surface area contributed by atoms with Crippen LogP contribution < -0.4 is 15.5 Å². The third-order valence-electron chi connectivity index (χ3n) is 8.84. The van der Waals surface area contributed by atoms with Crippen LogP contribution >= 0.6 is 0 Å². The molecule has 0 radical (unpaired) electrons. The normalized spacial score (nSPS) is 17.2. The lowest BCUT2D eigenvalue weighted by molar-refractivity contribution is -0.126. The number of aromatic nitrogens is 4. The second-order valence-electron chi connectivity index (χ2n) is 11.9. The van der Waals surface area contributed by atoms with Gasteiger partial charge < -0.3 is 14.7 Å². The molecule has 0 aliphatic carbocycles. The molecular weight excluding hydrogens is 526 g/mol. The number of carbonyl (C=O) groups excluding carboxylic acids is 1. The largest absolute Gasteiger partial charge is 0.365 e. The highest BCUT2D eigenvalue weighted by Gasteiger charge is 2.33. The van der Waals surface area contributed by atoms with Gasteiger partial charge in [0, 0.05) is 43.2 Å². The number of amides is 1. The summed E-state index contributed by atoms with van der Waals surface area (Å²) in [5.41, 5.74) is 8.12. The fourth-order valence-electron chi connectivity index (χ4n) is 6.74. The lowest BCUT2D eigenvalue weighted by Gasteiger charge is -2.42. The number of hydrogen-bond acceptors (Lipinski definition) is 6. The van der Waals surface area contributed by atoms with Crippen LogP contribution in [0.25, 0.3) is 16.6 Å². The van der Waals surface area contributed by atoms with Crippen molar-refractivity contribution in [2.24, 2.45) is 0 Å². The summed E-state index contributed by atoms with van der Waals surface area (Å²) in [4.78, 5) is 37.6. The molecule has 9 nitrogen and oxygen atoms in total. The predicted octanol–water partition coefficient (Wildman–Crippen LogP) is 4.63. The molecule has 1 N–H and O–H groups in total. The topological polar surface area (TPSA) is 90.4 Å². The molecular formula is C33H39N7O2. The van der Waals surface area contributed by atoms with E-state index < -0.39 is 0 Å². The summed E-state index contributed by atoms with van der Waals surface area (Å²) < 4.78 is 1.85. The van der Waals surface area contributed by atoms with E-state index in [4.69, 9.17) is 4.98 Å². The Kier molecular flexibility index (Phi) is 7.12. The number of carbonyl (C=O) groups is 1. The Morgan fingerprint density at radius 2 is 1.90 bits per heavy atom. The SMILES string of the molecule is C=CC(=O)N1CCN(c2nc(=O)n(-c3ccccc3C(C)C)c3c2CCN(c2c(C)ccc4[nH]nc(C)c24)C3)[C@@H](C)C1. The van der Waals surface area contributed by atoms with E-state index >= 15 is 0 Å². The Morgan fingerprint density at radius 1 is 1.12 bits per heavy atom. The molecule has 0 bridgehead atoms. The van der Waals surface area contributed by atoms with Crippen LogP contribution in [-0.2, 0) is 17.8 Å². The van der Waals surface area contributed by atoms with Crippen molar-refractivity contribution >= 4 is 28.3 Å². The number of nitrogens with zero attached hydrogens (tertiary/aromatic N) is 6. The number of para-hydroxylation sites is 1. The summed E-state index contributed by atoms with van der Waals surface area (Å²) in [6.45, 7) is 17.3. The quantitative estimate of drug-likeness (QED) is 0.355. The summed E-state index contributed by atoms with van der Waals surface area (Å²) >= 11 is 0. The van der Waals surface area contributed by atoms with Crippen LogP contribution in [0.3, 0.4) is 0 Å². The molecule has 2 aliphatic rings. The van der Waals surface area contributed by atoms with Crippen molar-refractivity contribution in [3.63, 3.8) is 0 Å². The van der Waals surface area contributed by atoms with Crippen LogP contribution in [0.2, 0.25) is 0 Å². The molecule has 2 aromatic heterocycles. The second-order valence-corrected chi connectivity index (χ2v) is 11.9.